The highest BCUT2D eigenvalue weighted by molar-refractivity contribution is 6.05. The Labute approximate surface area is 159 Å². The number of aryl methyl sites for hydroxylation is 1. The van der Waals surface area contributed by atoms with Gasteiger partial charge in [0.1, 0.15) is 0 Å². The molecule has 5 nitrogen and oxygen atoms in total. The third-order valence-corrected chi connectivity index (χ3v) is 5.59. The van der Waals surface area contributed by atoms with Gasteiger partial charge in [-0.15, -0.1) is 0 Å². The molecule has 0 radical (unpaired) electrons. The molecule has 2 atom stereocenters. The zero-order valence-corrected chi connectivity index (χ0v) is 15.5. The summed E-state index contributed by atoms with van der Waals surface area (Å²) in [7, 11) is 0. The maximum Gasteiger partial charge on any atom is 0.255 e. The molecule has 2 aromatic rings. The lowest BCUT2D eigenvalue weighted by Gasteiger charge is -2.29. The summed E-state index contributed by atoms with van der Waals surface area (Å²) in [5.74, 6) is -0.248. The maximum atomic E-state index is 12.7. The molecule has 2 amide bonds. The Morgan fingerprint density at radius 3 is 2.33 bits per heavy atom. The van der Waals surface area contributed by atoms with Crippen molar-refractivity contribution in [1.29, 1.82) is 0 Å². The molecule has 2 unspecified atom stereocenters. The minimum absolute atomic E-state index is 0.0727. The molecule has 4 rings (SSSR count). The van der Waals surface area contributed by atoms with Crippen molar-refractivity contribution in [3.05, 3.63) is 65.2 Å². The topological polar surface area (TPSA) is 70.2 Å². The Balaban J connectivity index is 1.45. The molecule has 5 heteroatoms. The van der Waals surface area contributed by atoms with Gasteiger partial charge in [-0.1, -0.05) is 24.3 Å². The summed E-state index contributed by atoms with van der Waals surface area (Å²) < 4.78 is 0. The third-order valence-electron chi connectivity index (χ3n) is 5.59. The van der Waals surface area contributed by atoms with Gasteiger partial charge >= 0.3 is 0 Å². The van der Waals surface area contributed by atoms with Gasteiger partial charge in [-0.3, -0.25) is 9.59 Å². The van der Waals surface area contributed by atoms with E-state index in [1.165, 1.54) is 12.8 Å². The molecule has 0 saturated carbocycles. The van der Waals surface area contributed by atoms with Crippen molar-refractivity contribution >= 4 is 17.5 Å². The molecule has 2 aromatic carbocycles. The number of carbonyl (C=O) groups is 2. The lowest BCUT2D eigenvalue weighted by atomic mass is 9.99. The lowest BCUT2D eigenvalue weighted by Crippen LogP contribution is -2.48. The van der Waals surface area contributed by atoms with Crippen molar-refractivity contribution in [2.24, 2.45) is 0 Å². The van der Waals surface area contributed by atoms with Crippen molar-refractivity contribution in [2.75, 3.05) is 5.32 Å². The Kier molecular flexibility index (Phi) is 4.94. The molecule has 27 heavy (non-hydrogen) atoms. The van der Waals surface area contributed by atoms with Crippen LogP contribution in [0, 0.1) is 6.92 Å². The van der Waals surface area contributed by atoms with Gasteiger partial charge in [0.15, 0.2) is 0 Å². The Hall–Kier alpha value is -2.66. The van der Waals surface area contributed by atoms with E-state index in [2.05, 4.69) is 16.0 Å². The first kappa shape index (κ1) is 17.7. The van der Waals surface area contributed by atoms with E-state index < -0.39 is 0 Å². The molecule has 2 aliphatic rings. The zero-order chi connectivity index (χ0) is 18.8. The second-order valence-electron chi connectivity index (χ2n) is 7.63. The number of hydrogen-bond donors (Lipinski definition) is 3. The van der Waals surface area contributed by atoms with Crippen molar-refractivity contribution in [2.45, 2.75) is 50.7 Å². The predicted molar refractivity (Wildman–Crippen MR) is 106 cm³/mol. The minimum Gasteiger partial charge on any atom is -0.349 e. The van der Waals surface area contributed by atoms with Crippen LogP contribution in [0.25, 0.3) is 0 Å². The summed E-state index contributed by atoms with van der Waals surface area (Å²) in [5.41, 5.74) is 2.77. The normalized spacial score (nSPS) is 23.7. The molecule has 2 saturated heterocycles. The van der Waals surface area contributed by atoms with Crippen LogP contribution in [0.4, 0.5) is 5.69 Å². The molecule has 3 N–H and O–H groups in total. The molecular weight excluding hydrogens is 338 g/mol. The number of amides is 2. The number of rotatable bonds is 4. The smallest absolute Gasteiger partial charge is 0.255 e. The van der Waals surface area contributed by atoms with Crippen LogP contribution in [-0.4, -0.2) is 29.9 Å². The molecule has 2 bridgehead atoms. The highest BCUT2D eigenvalue weighted by Crippen LogP contribution is 2.27. The summed E-state index contributed by atoms with van der Waals surface area (Å²) in [5, 5.41) is 9.68. The number of nitrogens with one attached hydrogen (secondary N) is 3. The van der Waals surface area contributed by atoms with Gasteiger partial charge in [0.05, 0.1) is 0 Å². The largest absolute Gasteiger partial charge is 0.349 e. The van der Waals surface area contributed by atoms with Crippen LogP contribution in [-0.2, 0) is 0 Å². The SMILES string of the molecule is Cc1ccc(C(=O)NC2CC3CCC(C2)N3)cc1NC(=O)c1ccccc1. The number of carbonyl (C=O) groups excluding carboxylic acids is 2. The Morgan fingerprint density at radius 1 is 0.926 bits per heavy atom. The van der Waals surface area contributed by atoms with Crippen molar-refractivity contribution in [3.8, 4) is 0 Å². The predicted octanol–water partition coefficient (Wildman–Crippen LogP) is 3.26. The lowest BCUT2D eigenvalue weighted by molar-refractivity contribution is 0.0923. The van der Waals surface area contributed by atoms with E-state index in [0.717, 1.165) is 18.4 Å². The second-order valence-corrected chi connectivity index (χ2v) is 7.63. The average molecular weight is 363 g/mol. The molecule has 2 fully saturated rings. The summed E-state index contributed by atoms with van der Waals surface area (Å²) in [6, 6.07) is 15.8. The minimum atomic E-state index is -0.175. The number of anilines is 1. The van der Waals surface area contributed by atoms with Crippen molar-refractivity contribution in [3.63, 3.8) is 0 Å². The van der Waals surface area contributed by atoms with Gasteiger partial charge in [-0.2, -0.15) is 0 Å². The number of benzene rings is 2. The first-order valence-electron chi connectivity index (χ1n) is 9.62. The van der Waals surface area contributed by atoms with Crippen LogP contribution in [0.1, 0.15) is 52.0 Å². The fourth-order valence-electron chi connectivity index (χ4n) is 4.13. The highest BCUT2D eigenvalue weighted by atomic mass is 16.2. The first-order chi connectivity index (χ1) is 13.1. The third kappa shape index (κ3) is 4.03. The van der Waals surface area contributed by atoms with E-state index in [1.54, 1.807) is 18.2 Å². The number of fused-ring (bicyclic) bond motifs is 2. The van der Waals surface area contributed by atoms with Crippen LogP contribution in [0.5, 0.6) is 0 Å². The first-order valence-corrected chi connectivity index (χ1v) is 9.62. The summed E-state index contributed by atoms with van der Waals surface area (Å²) in [6.45, 7) is 1.92. The summed E-state index contributed by atoms with van der Waals surface area (Å²) in [4.78, 5) is 25.1. The molecule has 0 aromatic heterocycles. The van der Waals surface area contributed by atoms with Crippen LogP contribution in [0.15, 0.2) is 48.5 Å². The van der Waals surface area contributed by atoms with Crippen molar-refractivity contribution in [1.82, 2.24) is 10.6 Å². The summed E-state index contributed by atoms with van der Waals surface area (Å²) >= 11 is 0. The van der Waals surface area contributed by atoms with Gasteiger partial charge < -0.3 is 16.0 Å². The molecular formula is C22H25N3O2. The molecule has 0 spiro atoms. The Morgan fingerprint density at radius 2 is 1.63 bits per heavy atom. The van der Waals surface area contributed by atoms with E-state index in [-0.39, 0.29) is 17.9 Å². The van der Waals surface area contributed by atoms with E-state index in [1.807, 2.05) is 37.3 Å². The van der Waals surface area contributed by atoms with Gasteiger partial charge in [-0.05, 0) is 62.4 Å². The standard InChI is InChI=1S/C22H25N3O2/c1-14-7-8-16(11-20(14)25-21(26)15-5-3-2-4-6-15)22(27)24-19-12-17-9-10-18(13-19)23-17/h2-8,11,17-19,23H,9-10,12-13H2,1H3,(H,24,27)(H,25,26). The van der Waals surface area contributed by atoms with Gasteiger partial charge in [0, 0.05) is 34.9 Å². The van der Waals surface area contributed by atoms with Crippen LogP contribution < -0.4 is 16.0 Å². The average Bonchev–Trinajstić information content (AvgIpc) is 3.02. The van der Waals surface area contributed by atoms with Crippen molar-refractivity contribution < 1.29 is 9.59 Å². The Bertz CT molecular complexity index is 838. The van der Waals surface area contributed by atoms with E-state index in [4.69, 9.17) is 0 Å². The van der Waals surface area contributed by atoms with Crippen LogP contribution in [0.2, 0.25) is 0 Å². The van der Waals surface area contributed by atoms with E-state index in [9.17, 15) is 9.59 Å². The number of hydrogen-bond acceptors (Lipinski definition) is 3. The van der Waals surface area contributed by atoms with E-state index in [0.29, 0.717) is 28.9 Å². The van der Waals surface area contributed by atoms with Crippen LogP contribution in [0.3, 0.4) is 0 Å². The maximum absolute atomic E-state index is 12.7. The van der Waals surface area contributed by atoms with Crippen LogP contribution >= 0.6 is 0 Å². The molecule has 2 heterocycles. The quantitative estimate of drug-likeness (QED) is 0.781. The molecule has 0 aliphatic carbocycles. The highest BCUT2D eigenvalue weighted by Gasteiger charge is 2.34. The molecule has 140 valence electrons. The fourth-order valence-corrected chi connectivity index (χ4v) is 4.13. The second kappa shape index (κ2) is 7.53. The fraction of sp³-hybridized carbons (Fsp3) is 0.364. The zero-order valence-electron chi connectivity index (χ0n) is 15.5. The monoisotopic (exact) mass is 363 g/mol. The molecule has 2 aliphatic heterocycles. The van der Waals surface area contributed by atoms with Gasteiger partial charge in [-0.25, -0.2) is 0 Å². The van der Waals surface area contributed by atoms with E-state index >= 15 is 0 Å². The summed E-state index contributed by atoms with van der Waals surface area (Å²) in [6.07, 6.45) is 4.39. The number of piperidine rings is 1. The van der Waals surface area contributed by atoms with Gasteiger partial charge in [0.2, 0.25) is 0 Å². The van der Waals surface area contributed by atoms with Gasteiger partial charge in [0.25, 0.3) is 11.8 Å².